The molecule has 4 aromatic rings. The summed E-state index contributed by atoms with van der Waals surface area (Å²) >= 11 is 0. The molecule has 2 aromatic heterocycles. The van der Waals surface area contributed by atoms with E-state index in [0.717, 1.165) is 41.1 Å². The molecule has 4 heteroatoms. The van der Waals surface area contributed by atoms with E-state index in [-0.39, 0.29) is 5.88 Å². The maximum Gasteiger partial charge on any atom is 0.219 e. The summed E-state index contributed by atoms with van der Waals surface area (Å²) in [7, 11) is 0. The molecule has 4 rings (SSSR count). The third kappa shape index (κ3) is 3.06. The summed E-state index contributed by atoms with van der Waals surface area (Å²) in [4.78, 5) is 9.57. The van der Waals surface area contributed by atoms with Crippen molar-refractivity contribution < 1.29 is 5.11 Å². The Morgan fingerprint density at radius 3 is 2.27 bits per heavy atom. The van der Waals surface area contributed by atoms with Gasteiger partial charge in [0.05, 0.1) is 11.4 Å². The summed E-state index contributed by atoms with van der Waals surface area (Å²) < 4.78 is 1.78. The molecule has 130 valence electrons. The summed E-state index contributed by atoms with van der Waals surface area (Å²) in [6.45, 7) is 2.09. The lowest BCUT2D eigenvalue weighted by Crippen LogP contribution is -2.00. The number of aromatic hydroxyl groups is 1. The molecule has 0 atom stereocenters. The van der Waals surface area contributed by atoms with Crippen molar-refractivity contribution in [2.75, 3.05) is 0 Å². The predicted molar refractivity (Wildman–Crippen MR) is 103 cm³/mol. The normalized spacial score (nSPS) is 11.1. The van der Waals surface area contributed by atoms with Crippen molar-refractivity contribution >= 4 is 5.65 Å². The van der Waals surface area contributed by atoms with Gasteiger partial charge < -0.3 is 5.11 Å². The maximum atomic E-state index is 10.7. The van der Waals surface area contributed by atoms with Crippen molar-refractivity contribution in [3.05, 3.63) is 83.8 Å². The SMILES string of the molecule is CCCc1nc2c(Cc3ccccc3)nc(-c3ccccc3)cn2c1O. The minimum Gasteiger partial charge on any atom is -0.493 e. The number of aromatic nitrogens is 3. The molecule has 4 nitrogen and oxygen atoms in total. The fraction of sp³-hybridized carbons (Fsp3) is 0.182. The number of imidazole rings is 1. The van der Waals surface area contributed by atoms with E-state index in [4.69, 9.17) is 4.98 Å². The first-order valence-corrected chi connectivity index (χ1v) is 8.95. The Bertz CT molecular complexity index is 1020. The lowest BCUT2D eigenvalue weighted by atomic mass is 10.1. The van der Waals surface area contributed by atoms with Crippen LogP contribution in [0.1, 0.15) is 30.3 Å². The van der Waals surface area contributed by atoms with Crippen LogP contribution in [0.15, 0.2) is 66.9 Å². The number of rotatable bonds is 5. The van der Waals surface area contributed by atoms with Crippen LogP contribution in [0.3, 0.4) is 0 Å². The minimum atomic E-state index is 0.218. The fourth-order valence-corrected chi connectivity index (χ4v) is 3.20. The molecule has 0 spiro atoms. The first kappa shape index (κ1) is 16.3. The standard InChI is InChI=1S/C22H21N3O/c1-2-9-18-22(26)25-15-20(17-12-7-4-8-13-17)23-19(21(25)24-18)14-16-10-5-3-6-11-16/h3-8,10-13,15,26H,2,9,14H2,1H3. The highest BCUT2D eigenvalue weighted by Crippen LogP contribution is 2.27. The summed E-state index contributed by atoms with van der Waals surface area (Å²) in [6.07, 6.45) is 4.23. The number of aryl methyl sites for hydroxylation is 1. The summed E-state index contributed by atoms with van der Waals surface area (Å²) in [6, 6.07) is 20.3. The minimum absolute atomic E-state index is 0.218. The van der Waals surface area contributed by atoms with Crippen molar-refractivity contribution in [2.45, 2.75) is 26.2 Å². The molecule has 0 amide bonds. The number of benzene rings is 2. The Hall–Kier alpha value is -3.14. The van der Waals surface area contributed by atoms with Gasteiger partial charge in [-0.1, -0.05) is 74.0 Å². The Morgan fingerprint density at radius 1 is 0.885 bits per heavy atom. The highest BCUT2D eigenvalue weighted by molar-refractivity contribution is 5.63. The van der Waals surface area contributed by atoms with Gasteiger partial charge in [0.1, 0.15) is 5.69 Å². The molecule has 0 radical (unpaired) electrons. The van der Waals surface area contributed by atoms with Crippen LogP contribution < -0.4 is 0 Å². The summed E-state index contributed by atoms with van der Waals surface area (Å²) in [5.74, 6) is 0.218. The smallest absolute Gasteiger partial charge is 0.219 e. The van der Waals surface area contributed by atoms with Crippen LogP contribution in [-0.2, 0) is 12.8 Å². The topological polar surface area (TPSA) is 50.4 Å². The quantitative estimate of drug-likeness (QED) is 0.574. The second kappa shape index (κ2) is 7.00. The fourth-order valence-electron chi connectivity index (χ4n) is 3.20. The van der Waals surface area contributed by atoms with Crippen molar-refractivity contribution in [1.29, 1.82) is 0 Å². The van der Waals surface area contributed by atoms with E-state index in [1.807, 2.05) is 54.7 Å². The highest BCUT2D eigenvalue weighted by atomic mass is 16.3. The molecule has 0 aliphatic rings. The Labute approximate surface area is 152 Å². The molecule has 0 fully saturated rings. The third-order valence-electron chi connectivity index (χ3n) is 4.49. The van der Waals surface area contributed by atoms with Gasteiger partial charge in [0.15, 0.2) is 5.65 Å². The van der Waals surface area contributed by atoms with E-state index in [0.29, 0.717) is 6.42 Å². The zero-order chi connectivity index (χ0) is 17.9. The van der Waals surface area contributed by atoms with Crippen LogP contribution in [0, 0.1) is 0 Å². The highest BCUT2D eigenvalue weighted by Gasteiger charge is 2.17. The van der Waals surface area contributed by atoms with Crippen molar-refractivity contribution in [3.8, 4) is 17.1 Å². The van der Waals surface area contributed by atoms with E-state index < -0.39 is 0 Å². The van der Waals surface area contributed by atoms with E-state index in [9.17, 15) is 5.11 Å². The lowest BCUT2D eigenvalue weighted by Gasteiger charge is -2.08. The van der Waals surface area contributed by atoms with Gasteiger partial charge in [-0.15, -0.1) is 0 Å². The zero-order valence-corrected chi connectivity index (χ0v) is 14.8. The average molecular weight is 343 g/mol. The molecule has 1 N–H and O–H groups in total. The van der Waals surface area contributed by atoms with Crippen LogP contribution in [0.4, 0.5) is 0 Å². The number of nitrogens with zero attached hydrogens (tertiary/aromatic N) is 3. The van der Waals surface area contributed by atoms with Crippen molar-refractivity contribution in [3.63, 3.8) is 0 Å². The monoisotopic (exact) mass is 343 g/mol. The zero-order valence-electron chi connectivity index (χ0n) is 14.8. The van der Waals surface area contributed by atoms with Crippen LogP contribution >= 0.6 is 0 Å². The van der Waals surface area contributed by atoms with Crippen LogP contribution in [0.5, 0.6) is 5.88 Å². The maximum absolute atomic E-state index is 10.7. The Morgan fingerprint density at radius 2 is 1.58 bits per heavy atom. The molecule has 0 unspecified atom stereocenters. The Balaban J connectivity index is 1.90. The van der Waals surface area contributed by atoms with Crippen molar-refractivity contribution in [2.24, 2.45) is 0 Å². The third-order valence-corrected chi connectivity index (χ3v) is 4.49. The summed E-state index contributed by atoms with van der Waals surface area (Å²) in [5.41, 5.74) is 5.36. The molecular formula is C22H21N3O. The molecule has 2 aromatic carbocycles. The van der Waals surface area contributed by atoms with Gasteiger partial charge in [0.2, 0.25) is 5.88 Å². The van der Waals surface area contributed by atoms with E-state index in [1.165, 1.54) is 5.56 Å². The summed E-state index contributed by atoms with van der Waals surface area (Å²) in [5, 5.41) is 10.7. The molecule has 0 saturated carbocycles. The second-order valence-electron chi connectivity index (χ2n) is 6.43. The molecular weight excluding hydrogens is 322 g/mol. The van der Waals surface area contributed by atoms with E-state index in [1.54, 1.807) is 4.40 Å². The molecule has 0 saturated heterocycles. The molecule has 0 aliphatic carbocycles. The van der Waals surface area contributed by atoms with E-state index in [2.05, 4.69) is 24.0 Å². The lowest BCUT2D eigenvalue weighted by molar-refractivity contribution is 0.440. The largest absolute Gasteiger partial charge is 0.493 e. The predicted octanol–water partition coefficient (Wildman–Crippen LogP) is 4.65. The first-order valence-electron chi connectivity index (χ1n) is 8.95. The first-order chi connectivity index (χ1) is 12.8. The van der Waals surface area contributed by atoms with Gasteiger partial charge in [-0.2, -0.15) is 0 Å². The number of hydrogen-bond donors (Lipinski definition) is 1. The van der Waals surface area contributed by atoms with Gasteiger partial charge >= 0.3 is 0 Å². The molecule has 0 bridgehead atoms. The van der Waals surface area contributed by atoms with Crippen LogP contribution in [-0.4, -0.2) is 19.5 Å². The van der Waals surface area contributed by atoms with Gasteiger partial charge in [-0.3, -0.25) is 4.40 Å². The number of hydrogen-bond acceptors (Lipinski definition) is 3. The second-order valence-corrected chi connectivity index (χ2v) is 6.43. The number of fused-ring (bicyclic) bond motifs is 1. The average Bonchev–Trinajstić information content (AvgIpc) is 3.00. The molecule has 26 heavy (non-hydrogen) atoms. The van der Waals surface area contributed by atoms with Crippen LogP contribution in [0.25, 0.3) is 16.9 Å². The van der Waals surface area contributed by atoms with Gasteiger partial charge in [0, 0.05) is 18.2 Å². The van der Waals surface area contributed by atoms with Crippen molar-refractivity contribution in [1.82, 2.24) is 14.4 Å². The van der Waals surface area contributed by atoms with Gasteiger partial charge in [-0.25, -0.2) is 9.97 Å². The van der Waals surface area contributed by atoms with Gasteiger partial charge in [0.25, 0.3) is 0 Å². The molecule has 2 heterocycles. The van der Waals surface area contributed by atoms with Crippen LogP contribution in [0.2, 0.25) is 0 Å². The van der Waals surface area contributed by atoms with E-state index >= 15 is 0 Å². The molecule has 0 aliphatic heterocycles. The van der Waals surface area contributed by atoms with Gasteiger partial charge in [-0.05, 0) is 12.0 Å². The Kier molecular flexibility index (Phi) is 4.40.